The van der Waals surface area contributed by atoms with Gasteiger partial charge in [-0.3, -0.25) is 9.59 Å². The molecule has 0 unspecified atom stereocenters. The summed E-state index contributed by atoms with van der Waals surface area (Å²) in [5, 5.41) is 8.17. The van der Waals surface area contributed by atoms with E-state index in [2.05, 4.69) is 15.3 Å². The van der Waals surface area contributed by atoms with Gasteiger partial charge in [-0.05, 0) is 36.6 Å². The van der Waals surface area contributed by atoms with Crippen LogP contribution in [0.4, 0.5) is 0 Å². The van der Waals surface area contributed by atoms with E-state index >= 15 is 0 Å². The van der Waals surface area contributed by atoms with Gasteiger partial charge in [-0.1, -0.05) is 41.6 Å². The third kappa shape index (κ3) is 4.21. The molecular formula is C24H24N6O3. The fourth-order valence-corrected chi connectivity index (χ4v) is 4.23. The molecule has 33 heavy (non-hydrogen) atoms. The van der Waals surface area contributed by atoms with E-state index in [4.69, 9.17) is 9.72 Å². The number of ether oxygens (including phenoxy) is 1. The van der Waals surface area contributed by atoms with Crippen molar-refractivity contribution in [3.8, 4) is 5.75 Å². The number of hydrogen-bond donors (Lipinski definition) is 1. The number of nitrogens with one attached hydrogen (secondary N) is 1. The van der Waals surface area contributed by atoms with Crippen molar-refractivity contribution >= 4 is 17.1 Å². The van der Waals surface area contributed by atoms with E-state index in [1.165, 1.54) is 0 Å². The highest BCUT2D eigenvalue weighted by molar-refractivity contribution is 5.94. The number of likely N-dealkylation sites (tertiary alicyclic amines) is 1. The third-order valence-electron chi connectivity index (χ3n) is 6.05. The second-order valence-corrected chi connectivity index (χ2v) is 8.15. The molecule has 0 bridgehead atoms. The molecule has 1 aliphatic rings. The minimum absolute atomic E-state index is 0.0191. The standard InChI is InChI=1S/C24H24N6O3/c1-33-19-9-5-8-18(14-19)24(32)29-12-10-17(11-13-29)21-25-22-20(23(31)26-21)27-28-30(22)15-16-6-3-2-4-7-16/h2-9,14,17H,10-13,15H2,1H3,(H,25,26,31). The molecule has 1 N–H and O–H groups in total. The van der Waals surface area contributed by atoms with Crippen molar-refractivity contribution in [3.05, 3.63) is 81.9 Å². The van der Waals surface area contributed by atoms with Gasteiger partial charge in [-0.2, -0.15) is 0 Å². The Morgan fingerprint density at radius 2 is 1.91 bits per heavy atom. The zero-order valence-electron chi connectivity index (χ0n) is 18.3. The molecule has 0 aliphatic carbocycles. The summed E-state index contributed by atoms with van der Waals surface area (Å²) >= 11 is 0. The molecule has 9 nitrogen and oxygen atoms in total. The van der Waals surface area contributed by atoms with Gasteiger partial charge in [0.1, 0.15) is 11.6 Å². The fourth-order valence-electron chi connectivity index (χ4n) is 4.23. The van der Waals surface area contributed by atoms with Crippen LogP contribution in [0, 0.1) is 0 Å². The Morgan fingerprint density at radius 1 is 1.12 bits per heavy atom. The number of carbonyl (C=O) groups is 1. The molecule has 1 aliphatic heterocycles. The van der Waals surface area contributed by atoms with Crippen LogP contribution in [-0.2, 0) is 6.54 Å². The number of aromatic amines is 1. The number of methoxy groups -OCH3 is 1. The first-order valence-corrected chi connectivity index (χ1v) is 10.9. The van der Waals surface area contributed by atoms with Gasteiger partial charge in [-0.15, -0.1) is 5.10 Å². The summed E-state index contributed by atoms with van der Waals surface area (Å²) in [6.07, 6.45) is 1.43. The molecule has 0 atom stereocenters. The summed E-state index contributed by atoms with van der Waals surface area (Å²) in [5.74, 6) is 1.31. The van der Waals surface area contributed by atoms with Gasteiger partial charge in [0.2, 0.25) is 0 Å². The topological polar surface area (TPSA) is 106 Å². The average molecular weight is 444 g/mol. The lowest BCUT2D eigenvalue weighted by atomic mass is 9.95. The summed E-state index contributed by atoms with van der Waals surface area (Å²) in [4.78, 5) is 35.0. The van der Waals surface area contributed by atoms with Crippen molar-refractivity contribution in [2.75, 3.05) is 20.2 Å². The Kier molecular flexibility index (Phi) is 5.60. The number of amides is 1. The van der Waals surface area contributed by atoms with Crippen molar-refractivity contribution in [2.24, 2.45) is 0 Å². The number of fused-ring (bicyclic) bond motifs is 1. The van der Waals surface area contributed by atoms with Crippen molar-refractivity contribution in [3.63, 3.8) is 0 Å². The molecule has 3 heterocycles. The third-order valence-corrected chi connectivity index (χ3v) is 6.05. The van der Waals surface area contributed by atoms with Gasteiger partial charge in [-0.25, -0.2) is 9.67 Å². The number of benzene rings is 2. The Balaban J connectivity index is 1.33. The SMILES string of the molecule is COc1cccc(C(=O)N2CCC(c3nc4c(nnn4Cc4ccccc4)c(=O)[nH]3)CC2)c1. The van der Waals surface area contributed by atoms with Gasteiger partial charge in [0.05, 0.1) is 13.7 Å². The summed E-state index contributed by atoms with van der Waals surface area (Å²) in [6, 6.07) is 17.0. The summed E-state index contributed by atoms with van der Waals surface area (Å²) in [6.45, 7) is 1.66. The van der Waals surface area contributed by atoms with Crippen LogP contribution in [0.5, 0.6) is 5.75 Å². The van der Waals surface area contributed by atoms with Gasteiger partial charge in [0.15, 0.2) is 11.2 Å². The lowest BCUT2D eigenvalue weighted by Crippen LogP contribution is -2.38. The molecule has 1 amide bonds. The minimum atomic E-state index is -0.288. The first-order chi connectivity index (χ1) is 16.1. The molecule has 2 aromatic heterocycles. The number of H-pyrrole nitrogens is 1. The van der Waals surface area contributed by atoms with E-state index in [9.17, 15) is 9.59 Å². The van der Waals surface area contributed by atoms with E-state index in [0.717, 1.165) is 5.56 Å². The van der Waals surface area contributed by atoms with Crippen LogP contribution in [-0.4, -0.2) is 56.0 Å². The largest absolute Gasteiger partial charge is 0.497 e. The summed E-state index contributed by atoms with van der Waals surface area (Å²) < 4.78 is 6.89. The van der Waals surface area contributed by atoms with E-state index in [1.54, 1.807) is 23.9 Å². The van der Waals surface area contributed by atoms with Gasteiger partial charge < -0.3 is 14.6 Å². The molecule has 1 fully saturated rings. The second-order valence-electron chi connectivity index (χ2n) is 8.15. The lowest BCUT2D eigenvalue weighted by molar-refractivity contribution is 0.0710. The summed E-state index contributed by atoms with van der Waals surface area (Å²) in [7, 11) is 1.58. The van der Waals surface area contributed by atoms with Crippen LogP contribution < -0.4 is 10.3 Å². The Labute approximate surface area is 190 Å². The van der Waals surface area contributed by atoms with Crippen LogP contribution >= 0.6 is 0 Å². The molecule has 0 radical (unpaired) electrons. The maximum atomic E-state index is 12.9. The van der Waals surface area contributed by atoms with Crippen LogP contribution in [0.2, 0.25) is 0 Å². The lowest BCUT2D eigenvalue weighted by Gasteiger charge is -2.31. The number of rotatable bonds is 5. The predicted octanol–water partition coefficient (Wildman–Crippen LogP) is 2.59. The monoisotopic (exact) mass is 444 g/mol. The number of piperidine rings is 1. The Hall–Kier alpha value is -4.01. The van der Waals surface area contributed by atoms with E-state index in [1.807, 2.05) is 47.4 Å². The number of hydrogen-bond acceptors (Lipinski definition) is 6. The highest BCUT2D eigenvalue weighted by Crippen LogP contribution is 2.27. The van der Waals surface area contributed by atoms with Crippen molar-refractivity contribution in [1.82, 2.24) is 29.9 Å². The van der Waals surface area contributed by atoms with E-state index < -0.39 is 0 Å². The van der Waals surface area contributed by atoms with Crippen LogP contribution in [0.25, 0.3) is 11.2 Å². The zero-order valence-corrected chi connectivity index (χ0v) is 18.3. The van der Waals surface area contributed by atoms with Crippen molar-refractivity contribution < 1.29 is 9.53 Å². The Bertz CT molecular complexity index is 1340. The smallest absolute Gasteiger partial charge is 0.281 e. The van der Waals surface area contributed by atoms with Crippen LogP contribution in [0.15, 0.2) is 59.4 Å². The summed E-state index contributed by atoms with van der Waals surface area (Å²) in [5.41, 5.74) is 2.09. The maximum absolute atomic E-state index is 12.9. The van der Waals surface area contributed by atoms with Gasteiger partial charge >= 0.3 is 0 Å². The second kappa shape index (κ2) is 8.85. The number of carbonyl (C=O) groups excluding carboxylic acids is 1. The minimum Gasteiger partial charge on any atom is -0.497 e. The molecule has 0 saturated carbocycles. The zero-order chi connectivity index (χ0) is 22.8. The number of nitrogens with zero attached hydrogens (tertiary/aromatic N) is 5. The molecule has 9 heteroatoms. The molecule has 2 aromatic carbocycles. The maximum Gasteiger partial charge on any atom is 0.281 e. The van der Waals surface area contributed by atoms with Crippen LogP contribution in [0.3, 0.4) is 0 Å². The predicted molar refractivity (Wildman–Crippen MR) is 122 cm³/mol. The average Bonchev–Trinajstić information content (AvgIpc) is 3.27. The normalized spacial score (nSPS) is 14.5. The molecule has 1 saturated heterocycles. The molecule has 0 spiro atoms. The molecular weight excluding hydrogens is 420 g/mol. The highest BCUT2D eigenvalue weighted by atomic mass is 16.5. The molecule has 5 rings (SSSR count). The quantitative estimate of drug-likeness (QED) is 0.507. The first kappa shape index (κ1) is 20.9. The van der Waals surface area contributed by atoms with Crippen molar-refractivity contribution in [2.45, 2.75) is 25.3 Å². The van der Waals surface area contributed by atoms with E-state index in [0.29, 0.717) is 55.3 Å². The molecule has 168 valence electrons. The van der Waals surface area contributed by atoms with Crippen LogP contribution in [0.1, 0.15) is 40.5 Å². The van der Waals surface area contributed by atoms with E-state index in [-0.39, 0.29) is 22.9 Å². The number of aromatic nitrogens is 5. The van der Waals surface area contributed by atoms with Gasteiger partial charge in [0.25, 0.3) is 11.5 Å². The van der Waals surface area contributed by atoms with Gasteiger partial charge in [0, 0.05) is 24.6 Å². The molecule has 4 aromatic rings. The highest BCUT2D eigenvalue weighted by Gasteiger charge is 2.27. The first-order valence-electron chi connectivity index (χ1n) is 10.9. The van der Waals surface area contributed by atoms with Crippen molar-refractivity contribution in [1.29, 1.82) is 0 Å². The Morgan fingerprint density at radius 3 is 2.67 bits per heavy atom. The fraction of sp³-hybridized carbons (Fsp3) is 0.292.